The Hall–Kier alpha value is -1.03. The van der Waals surface area contributed by atoms with Crippen LogP contribution in [0.2, 0.25) is 0 Å². The molecule has 0 aromatic heterocycles. The van der Waals surface area contributed by atoms with Gasteiger partial charge in [0.25, 0.3) is 0 Å². The average molecular weight is 328 g/mol. The number of halogens is 1. The number of anilines is 1. The van der Waals surface area contributed by atoms with E-state index in [1.807, 2.05) is 19.1 Å². The van der Waals surface area contributed by atoms with Crippen molar-refractivity contribution in [3.63, 3.8) is 0 Å². The number of hydrogen-bond acceptors (Lipinski definition) is 2. The van der Waals surface area contributed by atoms with E-state index in [1.54, 1.807) is 6.07 Å². The topological polar surface area (TPSA) is 63.3 Å². The van der Waals surface area contributed by atoms with Crippen LogP contribution in [0.1, 0.15) is 51.0 Å². The van der Waals surface area contributed by atoms with Gasteiger partial charge in [0.2, 0.25) is 0 Å². The van der Waals surface area contributed by atoms with Crippen molar-refractivity contribution >= 4 is 27.6 Å². The van der Waals surface area contributed by atoms with Crippen LogP contribution in [0.25, 0.3) is 0 Å². The first-order valence-electron chi connectivity index (χ1n) is 6.75. The fourth-order valence-corrected chi connectivity index (χ4v) is 2.76. The Morgan fingerprint density at radius 3 is 2.68 bits per heavy atom. The molecule has 0 aliphatic carbocycles. The van der Waals surface area contributed by atoms with Gasteiger partial charge in [0.05, 0.1) is 5.92 Å². The summed E-state index contributed by atoms with van der Waals surface area (Å²) in [4.78, 5) is 11.6. The molecular formula is C15H22BrNO2. The molecule has 0 radical (unpaired) electrons. The molecule has 1 aromatic rings. The van der Waals surface area contributed by atoms with Crippen molar-refractivity contribution in [2.45, 2.75) is 45.4 Å². The second kappa shape index (κ2) is 7.53. The van der Waals surface area contributed by atoms with Crippen molar-refractivity contribution in [3.8, 4) is 0 Å². The van der Waals surface area contributed by atoms with E-state index in [0.717, 1.165) is 30.2 Å². The molecule has 1 aromatic carbocycles. The number of nitrogen functional groups attached to an aromatic ring is 1. The van der Waals surface area contributed by atoms with Crippen molar-refractivity contribution in [1.29, 1.82) is 0 Å². The van der Waals surface area contributed by atoms with Crippen LogP contribution in [0.5, 0.6) is 0 Å². The first-order valence-corrected chi connectivity index (χ1v) is 7.54. The Morgan fingerprint density at radius 2 is 2.11 bits per heavy atom. The number of nitrogens with two attached hydrogens (primary N) is 1. The maximum absolute atomic E-state index is 11.6. The van der Waals surface area contributed by atoms with Gasteiger partial charge < -0.3 is 10.8 Å². The molecule has 0 fully saturated rings. The molecule has 3 N–H and O–H groups in total. The molecule has 0 aliphatic heterocycles. The number of carboxylic acid groups (broad SMARTS) is 1. The number of benzene rings is 1. The molecule has 0 amide bonds. The Kier molecular flexibility index (Phi) is 6.35. The minimum Gasteiger partial charge on any atom is -0.481 e. The third-order valence-electron chi connectivity index (χ3n) is 3.48. The predicted octanol–water partition coefficient (Wildman–Crippen LogP) is 4.42. The van der Waals surface area contributed by atoms with E-state index >= 15 is 0 Å². The number of carboxylic acids is 1. The quantitative estimate of drug-likeness (QED) is 0.575. The first-order chi connectivity index (χ1) is 8.97. The lowest BCUT2D eigenvalue weighted by Crippen LogP contribution is -2.21. The van der Waals surface area contributed by atoms with E-state index in [4.69, 9.17) is 5.73 Å². The average Bonchev–Trinajstić information content (AvgIpc) is 2.34. The molecular weight excluding hydrogens is 306 g/mol. The minimum absolute atomic E-state index is 0.0839. The fraction of sp³-hybridized carbons (Fsp3) is 0.533. The molecule has 2 unspecified atom stereocenters. The number of hydrogen-bond donors (Lipinski definition) is 2. The monoisotopic (exact) mass is 327 g/mol. The second-order valence-corrected chi connectivity index (χ2v) is 5.98. The maximum atomic E-state index is 11.6. The van der Waals surface area contributed by atoms with Crippen LogP contribution >= 0.6 is 15.9 Å². The Labute approximate surface area is 123 Å². The summed E-state index contributed by atoms with van der Waals surface area (Å²) >= 11 is 3.38. The Balaban J connectivity index is 2.93. The van der Waals surface area contributed by atoms with Gasteiger partial charge in [-0.15, -0.1) is 0 Å². The van der Waals surface area contributed by atoms with E-state index in [2.05, 4.69) is 22.9 Å². The van der Waals surface area contributed by atoms with E-state index < -0.39 is 11.9 Å². The SMILES string of the molecule is CCCCCC(C)C(C(=O)O)c1cc(Br)ccc1N. The van der Waals surface area contributed by atoms with Crippen molar-refractivity contribution in [3.05, 3.63) is 28.2 Å². The van der Waals surface area contributed by atoms with Gasteiger partial charge in [0, 0.05) is 10.2 Å². The van der Waals surface area contributed by atoms with Gasteiger partial charge >= 0.3 is 5.97 Å². The minimum atomic E-state index is -0.797. The summed E-state index contributed by atoms with van der Waals surface area (Å²) in [6, 6.07) is 5.41. The lowest BCUT2D eigenvalue weighted by molar-refractivity contribution is -0.140. The zero-order valence-electron chi connectivity index (χ0n) is 11.5. The highest BCUT2D eigenvalue weighted by Crippen LogP contribution is 2.34. The summed E-state index contributed by atoms with van der Waals surface area (Å²) in [6.45, 7) is 4.14. The van der Waals surface area contributed by atoms with Gasteiger partial charge in [0.15, 0.2) is 0 Å². The van der Waals surface area contributed by atoms with Crippen LogP contribution in [0, 0.1) is 5.92 Å². The molecule has 19 heavy (non-hydrogen) atoms. The molecule has 0 spiro atoms. The third-order valence-corrected chi connectivity index (χ3v) is 3.98. The van der Waals surface area contributed by atoms with Crippen LogP contribution < -0.4 is 5.73 Å². The van der Waals surface area contributed by atoms with Crippen LogP contribution in [-0.4, -0.2) is 11.1 Å². The van der Waals surface area contributed by atoms with Gasteiger partial charge in [0.1, 0.15) is 0 Å². The maximum Gasteiger partial charge on any atom is 0.311 e. The highest BCUT2D eigenvalue weighted by Gasteiger charge is 2.28. The lowest BCUT2D eigenvalue weighted by atomic mass is 9.83. The molecule has 0 saturated carbocycles. The standard InChI is InChI=1S/C15H22BrNO2/c1-3-4-5-6-10(2)14(15(18)19)12-9-11(16)7-8-13(12)17/h7-10,14H,3-6,17H2,1-2H3,(H,18,19). The smallest absolute Gasteiger partial charge is 0.311 e. The van der Waals surface area contributed by atoms with Crippen LogP contribution in [0.4, 0.5) is 5.69 Å². The Morgan fingerprint density at radius 1 is 1.42 bits per heavy atom. The molecule has 0 bridgehead atoms. The fourth-order valence-electron chi connectivity index (χ4n) is 2.38. The van der Waals surface area contributed by atoms with E-state index in [1.165, 1.54) is 0 Å². The van der Waals surface area contributed by atoms with Crippen LogP contribution in [-0.2, 0) is 4.79 Å². The molecule has 4 heteroatoms. The van der Waals surface area contributed by atoms with Gasteiger partial charge in [-0.25, -0.2) is 0 Å². The Bertz CT molecular complexity index is 434. The van der Waals surface area contributed by atoms with Crippen molar-refractivity contribution < 1.29 is 9.90 Å². The summed E-state index contributed by atoms with van der Waals surface area (Å²) in [6.07, 6.45) is 4.26. The summed E-state index contributed by atoms with van der Waals surface area (Å²) < 4.78 is 0.865. The number of unbranched alkanes of at least 4 members (excludes halogenated alkanes) is 2. The van der Waals surface area contributed by atoms with E-state index in [0.29, 0.717) is 11.3 Å². The number of carbonyl (C=O) groups is 1. The number of aliphatic carboxylic acids is 1. The summed E-state index contributed by atoms with van der Waals surface area (Å²) in [7, 11) is 0. The molecule has 0 saturated heterocycles. The predicted molar refractivity (Wildman–Crippen MR) is 82.2 cm³/mol. The summed E-state index contributed by atoms with van der Waals surface area (Å²) in [5.74, 6) is -1.25. The molecule has 3 nitrogen and oxygen atoms in total. The molecule has 106 valence electrons. The zero-order chi connectivity index (χ0) is 14.4. The van der Waals surface area contributed by atoms with Gasteiger partial charge in [-0.05, 0) is 36.1 Å². The molecule has 2 atom stereocenters. The zero-order valence-corrected chi connectivity index (χ0v) is 13.1. The van der Waals surface area contributed by atoms with Gasteiger partial charge in [-0.2, -0.15) is 0 Å². The highest BCUT2D eigenvalue weighted by molar-refractivity contribution is 9.10. The molecule has 0 heterocycles. The van der Waals surface area contributed by atoms with E-state index in [-0.39, 0.29) is 5.92 Å². The lowest BCUT2D eigenvalue weighted by Gasteiger charge is -2.22. The second-order valence-electron chi connectivity index (χ2n) is 5.06. The third kappa shape index (κ3) is 4.53. The summed E-state index contributed by atoms with van der Waals surface area (Å²) in [5.41, 5.74) is 7.20. The van der Waals surface area contributed by atoms with Crippen molar-refractivity contribution in [2.24, 2.45) is 5.92 Å². The first kappa shape index (κ1) is 16.0. The van der Waals surface area contributed by atoms with Crippen molar-refractivity contribution in [1.82, 2.24) is 0 Å². The summed E-state index contributed by atoms with van der Waals surface area (Å²) in [5, 5.41) is 9.50. The van der Waals surface area contributed by atoms with Crippen LogP contribution in [0.3, 0.4) is 0 Å². The van der Waals surface area contributed by atoms with Gasteiger partial charge in [-0.3, -0.25) is 4.79 Å². The number of rotatable bonds is 7. The highest BCUT2D eigenvalue weighted by atomic mass is 79.9. The van der Waals surface area contributed by atoms with Crippen LogP contribution in [0.15, 0.2) is 22.7 Å². The molecule has 1 rings (SSSR count). The molecule has 0 aliphatic rings. The van der Waals surface area contributed by atoms with Gasteiger partial charge in [-0.1, -0.05) is 49.0 Å². The largest absolute Gasteiger partial charge is 0.481 e. The van der Waals surface area contributed by atoms with E-state index in [9.17, 15) is 9.90 Å². The van der Waals surface area contributed by atoms with Crippen molar-refractivity contribution in [2.75, 3.05) is 5.73 Å². The normalized spacial score (nSPS) is 14.1.